The summed E-state index contributed by atoms with van der Waals surface area (Å²) in [6.45, 7) is 11.1. The number of halogens is 2. The van der Waals surface area contributed by atoms with Crippen LogP contribution in [-0.4, -0.2) is 174 Å². The molecule has 1 unspecified atom stereocenters. The summed E-state index contributed by atoms with van der Waals surface area (Å²) >= 11 is 0. The number of imide groups is 1. The zero-order valence-corrected chi connectivity index (χ0v) is 41.9. The topological polar surface area (TPSA) is 201 Å². The van der Waals surface area contributed by atoms with Crippen LogP contribution in [0.3, 0.4) is 0 Å². The van der Waals surface area contributed by atoms with Gasteiger partial charge in [-0.2, -0.15) is 10.4 Å². The molecule has 21 heteroatoms. The predicted octanol–water partition coefficient (Wildman–Crippen LogP) is 3.85. The van der Waals surface area contributed by atoms with E-state index in [1.165, 1.54) is 6.20 Å². The van der Waals surface area contributed by atoms with E-state index in [0.717, 1.165) is 79.1 Å². The molecule has 0 bridgehead atoms. The van der Waals surface area contributed by atoms with Gasteiger partial charge in [0.25, 0.3) is 11.8 Å². The maximum atomic E-state index is 14.9. The smallest absolute Gasteiger partial charge is 0.255 e. The van der Waals surface area contributed by atoms with Gasteiger partial charge in [-0.15, -0.1) is 0 Å². The fourth-order valence-corrected chi connectivity index (χ4v) is 11.0. The van der Waals surface area contributed by atoms with Crippen molar-refractivity contribution in [2.24, 2.45) is 0 Å². The Morgan fingerprint density at radius 2 is 1.67 bits per heavy atom. The Kier molecular flexibility index (Phi) is 15.0. The van der Waals surface area contributed by atoms with Gasteiger partial charge in [0.2, 0.25) is 17.7 Å². The van der Waals surface area contributed by atoms with E-state index in [0.29, 0.717) is 114 Å². The molecule has 5 aliphatic heterocycles. The summed E-state index contributed by atoms with van der Waals surface area (Å²) in [4.78, 5) is 81.5. The number of piperidine rings is 2. The average molecular weight is 1030 g/mol. The molecule has 0 saturated carbocycles. The fraction of sp³-hybridized carbons (Fsp3) is 0.444. The van der Waals surface area contributed by atoms with Crippen molar-refractivity contribution in [1.82, 2.24) is 44.8 Å². The lowest BCUT2D eigenvalue weighted by Crippen LogP contribution is -2.62. The molecule has 2 aromatic carbocycles. The first-order valence-electron chi connectivity index (χ1n) is 25.7. The summed E-state index contributed by atoms with van der Waals surface area (Å²) in [5.41, 5.74) is 3.98. The highest BCUT2D eigenvalue weighted by Gasteiger charge is 2.41. The number of piperazine rings is 2. The van der Waals surface area contributed by atoms with Crippen LogP contribution in [0, 0.1) is 23.0 Å². The highest BCUT2D eigenvalue weighted by atomic mass is 19.1. The van der Waals surface area contributed by atoms with Crippen molar-refractivity contribution in [2.75, 3.05) is 108 Å². The van der Waals surface area contributed by atoms with Crippen LogP contribution in [0.2, 0.25) is 0 Å². The summed E-state index contributed by atoms with van der Waals surface area (Å²) in [5, 5.41) is 19.6. The molecule has 3 aromatic heterocycles. The fourth-order valence-electron chi connectivity index (χ4n) is 11.0. The Bertz CT molecular complexity index is 3010. The van der Waals surface area contributed by atoms with Crippen molar-refractivity contribution in [3.8, 4) is 22.9 Å². The van der Waals surface area contributed by atoms with Gasteiger partial charge in [-0.25, -0.2) is 18.3 Å². The number of fused-ring (bicyclic) bond motifs is 2. The lowest BCUT2D eigenvalue weighted by molar-refractivity contribution is -0.137. The average Bonchev–Trinajstić information content (AvgIpc) is 3.99. The number of nitriles is 1. The molecule has 0 radical (unpaired) electrons. The van der Waals surface area contributed by atoms with Gasteiger partial charge in [-0.05, 0) is 86.3 Å². The molecule has 0 aliphatic carbocycles. The molecule has 2 N–H and O–H groups in total. The van der Waals surface area contributed by atoms with Crippen LogP contribution in [0.4, 0.5) is 20.3 Å². The third-order valence-electron chi connectivity index (χ3n) is 15.2. The first-order valence-corrected chi connectivity index (χ1v) is 25.7. The second kappa shape index (κ2) is 22.1. The number of carbonyl (C=O) groups is 5. The zero-order valence-electron chi connectivity index (χ0n) is 41.9. The third-order valence-corrected chi connectivity index (χ3v) is 15.2. The SMILES string of the molecule is CCOc1cc(-c2ccc(N3CCC(CN4CCN(C(=O)CCOCCN5CCN(c6ccc7c(c6)CN(C6CCC(=O)NC6=O)C7=O)CC5)CC4)(NC(=O)c4cc(F)ccc4F)CC3)nc2)c2c(C#N)cnn2c1. The number of anilines is 2. The van der Waals surface area contributed by atoms with Crippen molar-refractivity contribution in [2.45, 2.75) is 57.2 Å². The number of ether oxygens (including phenoxy) is 2. The molecule has 5 aromatic rings. The molecule has 5 aliphatic rings. The molecule has 392 valence electrons. The first kappa shape index (κ1) is 51.0. The number of hydrogen-bond donors (Lipinski definition) is 2. The third kappa shape index (κ3) is 11.1. The van der Waals surface area contributed by atoms with Gasteiger partial charge in [0.1, 0.15) is 35.3 Å². The minimum atomic E-state index is -0.806. The van der Waals surface area contributed by atoms with E-state index in [1.807, 2.05) is 48.2 Å². The van der Waals surface area contributed by atoms with Crippen LogP contribution in [0.1, 0.15) is 70.9 Å². The molecule has 0 spiro atoms. The summed E-state index contributed by atoms with van der Waals surface area (Å²) in [6.07, 6.45) is 6.82. The lowest BCUT2D eigenvalue weighted by atomic mass is 9.86. The molecular formula is C54H60F2N12O7. The number of nitrogens with one attached hydrogen (secondary N) is 2. The number of aromatic nitrogens is 3. The van der Waals surface area contributed by atoms with Gasteiger partial charge < -0.3 is 34.4 Å². The molecular weight excluding hydrogens is 967 g/mol. The van der Waals surface area contributed by atoms with Crippen LogP contribution < -0.4 is 25.2 Å². The minimum absolute atomic E-state index is 0.0121. The number of benzene rings is 2. The quantitative estimate of drug-likeness (QED) is 0.107. The second-order valence-corrected chi connectivity index (χ2v) is 19.8. The van der Waals surface area contributed by atoms with E-state index in [2.05, 4.69) is 41.4 Å². The van der Waals surface area contributed by atoms with Crippen molar-refractivity contribution >= 4 is 46.6 Å². The number of nitrogens with zero attached hydrogens (tertiary/aromatic N) is 10. The molecule has 19 nitrogen and oxygen atoms in total. The number of carbonyl (C=O) groups excluding carboxylic acids is 5. The molecule has 1 atom stereocenters. The van der Waals surface area contributed by atoms with Gasteiger partial charge in [0, 0.05) is 120 Å². The maximum absolute atomic E-state index is 14.9. The van der Waals surface area contributed by atoms with Crippen LogP contribution in [0.25, 0.3) is 16.6 Å². The minimum Gasteiger partial charge on any atom is -0.492 e. The maximum Gasteiger partial charge on any atom is 0.255 e. The second-order valence-electron chi connectivity index (χ2n) is 19.8. The Morgan fingerprint density at radius 3 is 2.40 bits per heavy atom. The van der Waals surface area contributed by atoms with E-state index in [-0.39, 0.29) is 36.1 Å². The molecule has 10 rings (SSSR count). The van der Waals surface area contributed by atoms with Crippen LogP contribution in [0.15, 0.2) is 73.2 Å². The number of rotatable bonds is 16. The summed E-state index contributed by atoms with van der Waals surface area (Å²) in [7, 11) is 0. The monoisotopic (exact) mass is 1030 g/mol. The largest absolute Gasteiger partial charge is 0.492 e. The van der Waals surface area contributed by atoms with E-state index in [4.69, 9.17) is 14.5 Å². The van der Waals surface area contributed by atoms with Crippen LogP contribution in [0.5, 0.6) is 5.75 Å². The standard InChI is InChI=1S/C54H60F2N12O7/c1-2-75-41-29-43(50-38(30-57)32-59-68(50)34-41)36-3-9-47(58-31-36)65-14-12-54(13-15-65,61-51(71)44-28-39(55)4-7-45(44)56)35-63-18-22-66(23-19-63)49(70)11-25-74-26-24-62-16-20-64(21-17-62)40-5-6-42-37(27-40)33-67(53(42)73)46-8-10-48(69)60-52(46)72/h3-7,9,27-29,31-32,34,46H,2,8,10-26,33,35H2,1H3,(H,61,71)(H,60,69,72). The van der Waals surface area contributed by atoms with Gasteiger partial charge in [0.05, 0.1) is 60.8 Å². The molecule has 4 fully saturated rings. The molecule has 75 heavy (non-hydrogen) atoms. The Balaban J connectivity index is 0.683. The highest BCUT2D eigenvalue weighted by Crippen LogP contribution is 2.34. The number of amides is 5. The van der Waals surface area contributed by atoms with Gasteiger partial charge in [-0.1, -0.05) is 0 Å². The Labute approximate surface area is 432 Å². The highest BCUT2D eigenvalue weighted by molar-refractivity contribution is 6.05. The Morgan fingerprint density at radius 1 is 0.880 bits per heavy atom. The van der Waals surface area contributed by atoms with Crippen LogP contribution in [-0.2, 0) is 25.7 Å². The molecule has 8 heterocycles. The van der Waals surface area contributed by atoms with Crippen molar-refractivity contribution < 1.29 is 42.2 Å². The predicted molar refractivity (Wildman–Crippen MR) is 272 cm³/mol. The van der Waals surface area contributed by atoms with E-state index in [9.17, 15) is 38.0 Å². The van der Waals surface area contributed by atoms with E-state index < -0.39 is 35.0 Å². The Hall–Kier alpha value is -7.54. The summed E-state index contributed by atoms with van der Waals surface area (Å²) in [5.74, 6) is -1.76. The molecule has 5 amide bonds. The van der Waals surface area contributed by atoms with E-state index >= 15 is 0 Å². The van der Waals surface area contributed by atoms with Crippen molar-refractivity contribution in [3.63, 3.8) is 0 Å². The van der Waals surface area contributed by atoms with Crippen LogP contribution >= 0.6 is 0 Å². The first-order chi connectivity index (χ1) is 36.4. The zero-order chi connectivity index (χ0) is 52.2. The lowest BCUT2D eigenvalue weighted by Gasteiger charge is -2.46. The van der Waals surface area contributed by atoms with Gasteiger partial charge in [-0.3, -0.25) is 39.1 Å². The van der Waals surface area contributed by atoms with Crippen molar-refractivity contribution in [1.29, 1.82) is 5.26 Å². The normalized spacial score (nSPS) is 19.3. The number of hydrogen-bond acceptors (Lipinski definition) is 14. The summed E-state index contributed by atoms with van der Waals surface area (Å²) < 4.78 is 42.6. The van der Waals surface area contributed by atoms with Gasteiger partial charge in [0.15, 0.2) is 0 Å². The summed E-state index contributed by atoms with van der Waals surface area (Å²) in [6, 6.07) is 16.0. The number of pyridine rings is 2. The van der Waals surface area contributed by atoms with Crippen molar-refractivity contribution in [3.05, 3.63) is 107 Å². The van der Waals surface area contributed by atoms with Gasteiger partial charge >= 0.3 is 0 Å². The molecule has 4 saturated heterocycles. The van der Waals surface area contributed by atoms with E-state index in [1.54, 1.807) is 21.8 Å².